The molecule has 1 fully saturated rings. The van der Waals surface area contributed by atoms with Crippen molar-refractivity contribution in [1.82, 2.24) is 15.5 Å². The lowest BCUT2D eigenvalue weighted by Crippen LogP contribution is -2.48. The highest BCUT2D eigenvalue weighted by Gasteiger charge is 2.26. The van der Waals surface area contributed by atoms with Gasteiger partial charge < -0.3 is 15.7 Å². The number of rotatable bonds is 10. The topological polar surface area (TPSA) is 59.9 Å². The number of likely N-dealkylation sites (tertiary alicyclic amines) is 1. The summed E-state index contributed by atoms with van der Waals surface area (Å²) in [7, 11) is 0. The minimum Gasteiger partial charge on any atom is -0.396 e. The zero-order chi connectivity index (χ0) is 20.2. The van der Waals surface area contributed by atoms with Crippen molar-refractivity contribution >= 4 is 5.96 Å². The number of piperidine rings is 1. The summed E-state index contributed by atoms with van der Waals surface area (Å²) in [4.78, 5) is 7.44. The van der Waals surface area contributed by atoms with Gasteiger partial charge in [-0.3, -0.25) is 9.89 Å². The number of aliphatic hydroxyl groups excluding tert-OH is 1. The molecule has 3 N–H and O–H groups in total. The molecular weight excluding hydrogens is 348 g/mol. The zero-order valence-electron chi connectivity index (χ0n) is 18.1. The van der Waals surface area contributed by atoms with Crippen molar-refractivity contribution in [1.29, 1.82) is 0 Å². The summed E-state index contributed by atoms with van der Waals surface area (Å²) in [5.41, 5.74) is 1.50. The second-order valence-corrected chi connectivity index (χ2v) is 8.06. The Morgan fingerprint density at radius 2 is 1.82 bits per heavy atom. The van der Waals surface area contributed by atoms with E-state index in [-0.39, 0.29) is 12.0 Å². The molecule has 0 saturated carbocycles. The lowest BCUT2D eigenvalue weighted by atomic mass is 9.79. The zero-order valence-corrected chi connectivity index (χ0v) is 18.1. The van der Waals surface area contributed by atoms with Crippen LogP contribution in [0, 0.1) is 5.41 Å². The highest BCUT2D eigenvalue weighted by atomic mass is 16.3. The quantitative estimate of drug-likeness (QED) is 0.425. The highest BCUT2D eigenvalue weighted by Crippen LogP contribution is 2.30. The average Bonchev–Trinajstić information content (AvgIpc) is 2.73. The molecule has 1 saturated heterocycles. The summed E-state index contributed by atoms with van der Waals surface area (Å²) in [6.07, 6.45) is 5.19. The summed E-state index contributed by atoms with van der Waals surface area (Å²) >= 11 is 0. The molecular formula is C23H40N4O. The molecule has 1 aliphatic heterocycles. The largest absolute Gasteiger partial charge is 0.396 e. The maximum Gasteiger partial charge on any atom is 0.191 e. The van der Waals surface area contributed by atoms with Crippen LogP contribution in [0.1, 0.15) is 58.4 Å². The Balaban J connectivity index is 1.87. The van der Waals surface area contributed by atoms with E-state index in [1.165, 1.54) is 5.56 Å². The van der Waals surface area contributed by atoms with Crippen LogP contribution in [0.4, 0.5) is 0 Å². The Labute approximate surface area is 171 Å². The Bertz CT molecular complexity index is 563. The van der Waals surface area contributed by atoms with Crippen molar-refractivity contribution in [3.8, 4) is 0 Å². The molecule has 0 bridgehead atoms. The summed E-state index contributed by atoms with van der Waals surface area (Å²) in [5.74, 6) is 0.924. The van der Waals surface area contributed by atoms with Crippen molar-refractivity contribution in [2.45, 2.75) is 65.5 Å². The van der Waals surface area contributed by atoms with Gasteiger partial charge in [0.2, 0.25) is 0 Å². The molecule has 0 aromatic heterocycles. The molecule has 1 heterocycles. The summed E-state index contributed by atoms with van der Waals surface area (Å²) < 4.78 is 0. The molecule has 1 aromatic rings. The fraction of sp³-hybridized carbons (Fsp3) is 0.696. The van der Waals surface area contributed by atoms with E-state index in [0.717, 1.165) is 70.8 Å². The van der Waals surface area contributed by atoms with Crippen LogP contribution in [0.15, 0.2) is 35.3 Å². The fourth-order valence-corrected chi connectivity index (χ4v) is 3.98. The van der Waals surface area contributed by atoms with E-state index < -0.39 is 0 Å². The lowest BCUT2D eigenvalue weighted by molar-refractivity contribution is 0.175. The van der Waals surface area contributed by atoms with Crippen molar-refractivity contribution in [3.63, 3.8) is 0 Å². The van der Waals surface area contributed by atoms with E-state index in [1.807, 2.05) is 0 Å². The van der Waals surface area contributed by atoms with Crippen LogP contribution in [-0.4, -0.2) is 54.8 Å². The number of aliphatic imine (C=N–C) groups is 1. The molecule has 0 aliphatic carbocycles. The number of nitrogens with zero attached hydrogens (tertiary/aromatic N) is 2. The Morgan fingerprint density at radius 3 is 2.39 bits per heavy atom. The van der Waals surface area contributed by atoms with Gasteiger partial charge in [-0.2, -0.15) is 0 Å². The molecule has 0 spiro atoms. The smallest absolute Gasteiger partial charge is 0.191 e. The number of nitrogens with one attached hydrogen (secondary N) is 2. The number of aliphatic hydroxyl groups is 1. The predicted octanol–water partition coefficient (Wildman–Crippen LogP) is 3.39. The van der Waals surface area contributed by atoms with E-state index in [9.17, 15) is 5.11 Å². The van der Waals surface area contributed by atoms with Gasteiger partial charge in [0.1, 0.15) is 0 Å². The van der Waals surface area contributed by atoms with E-state index in [4.69, 9.17) is 4.99 Å². The number of hydrogen-bond donors (Lipinski definition) is 3. The maximum atomic E-state index is 9.44. The van der Waals surface area contributed by atoms with Crippen LogP contribution < -0.4 is 10.6 Å². The summed E-state index contributed by atoms with van der Waals surface area (Å²) in [6.45, 7) is 11.7. The van der Waals surface area contributed by atoms with E-state index in [1.54, 1.807) is 0 Å². The Hall–Kier alpha value is -1.59. The van der Waals surface area contributed by atoms with Gasteiger partial charge in [0.15, 0.2) is 5.96 Å². The molecule has 0 atom stereocenters. The molecule has 0 radical (unpaired) electrons. The molecule has 0 unspecified atom stereocenters. The van der Waals surface area contributed by atoms with E-state index in [2.05, 4.69) is 66.6 Å². The van der Waals surface area contributed by atoms with Crippen LogP contribution in [-0.2, 0) is 6.54 Å². The third-order valence-electron chi connectivity index (χ3n) is 6.24. The Morgan fingerprint density at radius 1 is 1.14 bits per heavy atom. The first-order chi connectivity index (χ1) is 13.6. The molecule has 28 heavy (non-hydrogen) atoms. The van der Waals surface area contributed by atoms with Crippen molar-refractivity contribution in [2.75, 3.05) is 32.8 Å². The third-order valence-corrected chi connectivity index (χ3v) is 6.24. The first-order valence-corrected chi connectivity index (χ1v) is 11.1. The van der Waals surface area contributed by atoms with E-state index in [0.29, 0.717) is 6.04 Å². The second kappa shape index (κ2) is 12.1. The SMILES string of the molecule is CCNC(=NCC(CC)(CC)CCO)NC1CCN(Cc2ccccc2)CC1. The van der Waals surface area contributed by atoms with Crippen molar-refractivity contribution < 1.29 is 5.11 Å². The van der Waals surface area contributed by atoms with Crippen LogP contribution >= 0.6 is 0 Å². The van der Waals surface area contributed by atoms with Gasteiger partial charge in [0, 0.05) is 45.4 Å². The summed E-state index contributed by atoms with van der Waals surface area (Å²) in [6, 6.07) is 11.2. The summed E-state index contributed by atoms with van der Waals surface area (Å²) in [5, 5.41) is 16.5. The van der Waals surface area contributed by atoms with Crippen LogP contribution in [0.2, 0.25) is 0 Å². The normalized spacial score (nSPS) is 16.9. The first kappa shape index (κ1) is 22.7. The molecule has 1 aliphatic rings. The van der Waals surface area contributed by atoms with Crippen LogP contribution in [0.3, 0.4) is 0 Å². The first-order valence-electron chi connectivity index (χ1n) is 11.1. The van der Waals surface area contributed by atoms with Crippen LogP contribution in [0.25, 0.3) is 0 Å². The lowest BCUT2D eigenvalue weighted by Gasteiger charge is -2.34. The predicted molar refractivity (Wildman–Crippen MR) is 119 cm³/mol. The standard InChI is InChI=1S/C23H40N4O/c1-4-23(5-2,14-17-28)19-25-22(24-6-3)26-21-12-15-27(16-13-21)18-20-10-8-7-9-11-20/h7-11,21,28H,4-6,12-19H2,1-3H3,(H2,24,25,26). The fourth-order valence-electron chi connectivity index (χ4n) is 3.98. The molecule has 1 aromatic carbocycles. The van der Waals surface area contributed by atoms with Gasteiger partial charge in [-0.1, -0.05) is 44.2 Å². The van der Waals surface area contributed by atoms with Gasteiger partial charge in [0.05, 0.1) is 0 Å². The molecule has 5 heteroatoms. The van der Waals surface area contributed by atoms with Crippen molar-refractivity contribution in [3.05, 3.63) is 35.9 Å². The van der Waals surface area contributed by atoms with Gasteiger partial charge in [-0.05, 0) is 50.0 Å². The van der Waals surface area contributed by atoms with Gasteiger partial charge in [0.25, 0.3) is 0 Å². The molecule has 2 rings (SSSR count). The Kier molecular flexibility index (Phi) is 9.79. The molecule has 5 nitrogen and oxygen atoms in total. The second-order valence-electron chi connectivity index (χ2n) is 8.06. The number of hydrogen-bond acceptors (Lipinski definition) is 3. The molecule has 158 valence electrons. The van der Waals surface area contributed by atoms with Gasteiger partial charge in [-0.15, -0.1) is 0 Å². The van der Waals surface area contributed by atoms with Crippen molar-refractivity contribution in [2.24, 2.45) is 10.4 Å². The molecule has 0 amide bonds. The van der Waals surface area contributed by atoms with Crippen LogP contribution in [0.5, 0.6) is 0 Å². The van der Waals surface area contributed by atoms with Gasteiger partial charge in [-0.25, -0.2) is 0 Å². The van der Waals surface area contributed by atoms with E-state index >= 15 is 0 Å². The van der Waals surface area contributed by atoms with Gasteiger partial charge >= 0.3 is 0 Å². The average molecular weight is 389 g/mol. The number of benzene rings is 1. The number of guanidine groups is 1. The maximum absolute atomic E-state index is 9.44. The third kappa shape index (κ3) is 7.10. The minimum atomic E-state index is 0.107. The highest BCUT2D eigenvalue weighted by molar-refractivity contribution is 5.80. The monoisotopic (exact) mass is 388 g/mol. The minimum absolute atomic E-state index is 0.107.